The van der Waals surface area contributed by atoms with Gasteiger partial charge in [0.25, 0.3) is 0 Å². The van der Waals surface area contributed by atoms with E-state index < -0.39 is 11.9 Å². The van der Waals surface area contributed by atoms with E-state index in [1.165, 1.54) is 16.5 Å². The van der Waals surface area contributed by atoms with E-state index >= 15 is 0 Å². The van der Waals surface area contributed by atoms with Crippen molar-refractivity contribution >= 4 is 47.1 Å². The summed E-state index contributed by atoms with van der Waals surface area (Å²) >= 11 is 10.3. The first-order valence-electron chi connectivity index (χ1n) is 4.81. The number of ketones is 1. The zero-order chi connectivity index (χ0) is 12.3. The van der Waals surface area contributed by atoms with Gasteiger partial charge >= 0.3 is 0 Å². The second-order valence-corrected chi connectivity index (χ2v) is 5.53. The average Bonchev–Trinajstić information content (AvgIpc) is 2.21. The Bertz CT molecular complexity index is 336. The Hall–Kier alpha value is 0.120. The predicted molar refractivity (Wildman–Crippen MR) is 72.8 cm³/mol. The van der Waals surface area contributed by atoms with Crippen molar-refractivity contribution in [1.29, 1.82) is 0 Å². The normalized spacial score (nSPS) is 24.8. The van der Waals surface area contributed by atoms with E-state index in [2.05, 4.69) is 12.6 Å². The molecule has 0 saturated carbocycles. The molecule has 16 heavy (non-hydrogen) atoms. The molecule has 0 fully saturated rings. The highest BCUT2D eigenvalue weighted by atomic mass is 32.2. The van der Waals surface area contributed by atoms with Crippen LogP contribution in [0, 0.1) is 0 Å². The van der Waals surface area contributed by atoms with Gasteiger partial charge in [-0.2, -0.15) is 0 Å². The fourth-order valence-electron chi connectivity index (χ4n) is 1.39. The molecule has 0 spiro atoms. The van der Waals surface area contributed by atoms with E-state index in [0.717, 1.165) is 4.91 Å². The molecule has 0 bridgehead atoms. The van der Waals surface area contributed by atoms with Gasteiger partial charge in [-0.3, -0.25) is 4.79 Å². The molecule has 0 aliphatic carbocycles. The summed E-state index contributed by atoms with van der Waals surface area (Å²) in [7, 11) is 0. The Morgan fingerprint density at radius 3 is 2.81 bits per heavy atom. The average molecular weight is 278 g/mol. The third-order valence-corrected chi connectivity index (χ3v) is 4.01. The van der Waals surface area contributed by atoms with Crippen molar-refractivity contribution in [3.63, 3.8) is 0 Å². The van der Waals surface area contributed by atoms with E-state index in [9.17, 15) is 4.79 Å². The fraction of sp³-hybridized carbons (Fsp3) is 0.600. The molecule has 1 atom stereocenters. The first-order valence-corrected chi connectivity index (χ1v) is 6.61. The summed E-state index contributed by atoms with van der Waals surface area (Å²) in [6, 6.07) is 0. The van der Waals surface area contributed by atoms with Crippen molar-refractivity contribution in [2.24, 2.45) is 0 Å². The summed E-state index contributed by atoms with van der Waals surface area (Å²) in [4.78, 5) is 12.9. The van der Waals surface area contributed by atoms with E-state index in [-0.39, 0.29) is 5.78 Å². The Kier molecular flexibility index (Phi) is 5.00. The summed E-state index contributed by atoms with van der Waals surface area (Å²) in [5.41, 5.74) is -0.606. The number of carbonyl (C=O) groups excluding carboxylic acids is 1. The van der Waals surface area contributed by atoms with Crippen molar-refractivity contribution in [3.05, 3.63) is 9.81 Å². The molecule has 1 rings (SSSR count). The second kappa shape index (κ2) is 5.64. The van der Waals surface area contributed by atoms with Gasteiger partial charge in [-0.1, -0.05) is 24.0 Å². The predicted octanol–water partition coefficient (Wildman–Crippen LogP) is 2.56. The fourth-order valence-corrected chi connectivity index (χ4v) is 2.85. The number of ether oxygens (including phenoxy) is 2. The minimum absolute atomic E-state index is 0.246. The minimum atomic E-state index is -0.859. The number of thiocarbonyl (C=S) groups is 1. The maximum atomic E-state index is 11.8. The van der Waals surface area contributed by atoms with E-state index in [4.69, 9.17) is 21.7 Å². The van der Waals surface area contributed by atoms with Crippen molar-refractivity contribution in [2.75, 3.05) is 6.61 Å². The van der Waals surface area contributed by atoms with E-state index in [1.807, 2.05) is 20.8 Å². The van der Waals surface area contributed by atoms with Gasteiger partial charge in [0.1, 0.15) is 0 Å². The third-order valence-electron chi connectivity index (χ3n) is 2.10. The highest BCUT2D eigenvalue weighted by molar-refractivity contribution is 8.23. The van der Waals surface area contributed by atoms with Gasteiger partial charge in [0.15, 0.2) is 0 Å². The quantitative estimate of drug-likeness (QED) is 0.631. The molecule has 0 aromatic heterocycles. The molecular weight excluding hydrogens is 264 g/mol. The molecule has 90 valence electrons. The van der Waals surface area contributed by atoms with Crippen LogP contribution in [0.3, 0.4) is 0 Å². The number of Topliss-reactive ketones (excluding diaryl/α,β-unsaturated/α-hetero) is 1. The molecule has 6 heteroatoms. The highest BCUT2D eigenvalue weighted by Crippen LogP contribution is 2.39. The Morgan fingerprint density at radius 2 is 2.31 bits per heavy atom. The molecule has 0 radical (unpaired) electrons. The standard InChI is InChI=1S/C10H14O3S3/c1-4-12-9-6(11)7(15)8(16-5-14)10(2,3)13-9/h5,9,15H,4H2,1-3H3. The van der Waals surface area contributed by atoms with Crippen molar-refractivity contribution in [1.82, 2.24) is 0 Å². The monoisotopic (exact) mass is 278 g/mol. The number of thioether (sulfide) groups is 1. The largest absolute Gasteiger partial charge is 0.346 e. The van der Waals surface area contributed by atoms with Crippen LogP contribution in [-0.2, 0) is 14.3 Å². The number of rotatable bonds is 4. The molecule has 0 aromatic rings. The number of hydrogen-bond donors (Lipinski definition) is 1. The van der Waals surface area contributed by atoms with Crippen LogP contribution in [0.5, 0.6) is 0 Å². The molecule has 0 amide bonds. The Labute approximate surface area is 110 Å². The summed E-state index contributed by atoms with van der Waals surface area (Å²) < 4.78 is 12.3. The number of hydrogen-bond acceptors (Lipinski definition) is 6. The summed E-state index contributed by atoms with van der Waals surface area (Å²) in [5, 5.41) is 0. The minimum Gasteiger partial charge on any atom is -0.346 e. The maximum absolute atomic E-state index is 11.8. The van der Waals surface area contributed by atoms with Crippen LogP contribution in [0.2, 0.25) is 0 Å². The van der Waals surface area contributed by atoms with Crippen molar-refractivity contribution < 1.29 is 14.3 Å². The Balaban J connectivity index is 3.06. The lowest BCUT2D eigenvalue weighted by Gasteiger charge is -2.36. The number of carbonyl (C=O) groups is 1. The van der Waals surface area contributed by atoms with E-state index in [1.54, 1.807) is 0 Å². The smallest absolute Gasteiger partial charge is 0.225 e. The zero-order valence-corrected chi connectivity index (χ0v) is 11.9. The second-order valence-electron chi connectivity index (χ2n) is 3.67. The van der Waals surface area contributed by atoms with Gasteiger partial charge in [-0.05, 0) is 20.8 Å². The van der Waals surface area contributed by atoms with Gasteiger partial charge in [-0.25, -0.2) is 0 Å². The first kappa shape index (κ1) is 14.2. The van der Waals surface area contributed by atoms with Crippen LogP contribution in [0.1, 0.15) is 20.8 Å². The number of thiol groups is 1. The molecule has 3 nitrogen and oxygen atoms in total. The third kappa shape index (κ3) is 2.87. The van der Waals surface area contributed by atoms with Crippen LogP contribution in [0.25, 0.3) is 0 Å². The zero-order valence-electron chi connectivity index (χ0n) is 9.35. The summed E-state index contributed by atoms with van der Waals surface area (Å²) in [6.07, 6.45) is -0.859. The van der Waals surface area contributed by atoms with Crippen LogP contribution >= 0.6 is 36.6 Å². The van der Waals surface area contributed by atoms with Crippen LogP contribution < -0.4 is 0 Å². The molecule has 1 aliphatic rings. The van der Waals surface area contributed by atoms with Crippen molar-refractivity contribution in [2.45, 2.75) is 32.7 Å². The molecule has 0 aromatic carbocycles. The molecule has 0 N–H and O–H groups in total. The lowest BCUT2D eigenvalue weighted by atomic mass is 10.0. The lowest BCUT2D eigenvalue weighted by molar-refractivity contribution is -0.193. The SMILES string of the molecule is CCOC1OC(C)(C)C(SC=S)=C(S)C1=O. The van der Waals surface area contributed by atoms with E-state index in [0.29, 0.717) is 11.5 Å². The van der Waals surface area contributed by atoms with Crippen molar-refractivity contribution in [3.8, 4) is 0 Å². The maximum Gasteiger partial charge on any atom is 0.225 e. The first-order chi connectivity index (χ1) is 7.44. The highest BCUT2D eigenvalue weighted by Gasteiger charge is 2.40. The van der Waals surface area contributed by atoms with Crippen LogP contribution in [-0.4, -0.2) is 29.0 Å². The molecule has 1 aliphatic heterocycles. The van der Waals surface area contributed by atoms with Crippen LogP contribution in [0.4, 0.5) is 0 Å². The molecule has 1 unspecified atom stereocenters. The van der Waals surface area contributed by atoms with Gasteiger partial charge in [0.05, 0.1) is 10.5 Å². The topological polar surface area (TPSA) is 35.5 Å². The summed E-state index contributed by atoms with van der Waals surface area (Å²) in [6.45, 7) is 5.96. The molecular formula is C10H14O3S3. The van der Waals surface area contributed by atoms with Gasteiger partial charge in [0.2, 0.25) is 12.1 Å². The molecule has 1 heterocycles. The Morgan fingerprint density at radius 1 is 1.69 bits per heavy atom. The summed E-state index contributed by atoms with van der Waals surface area (Å²) in [5.74, 6) is -0.246. The van der Waals surface area contributed by atoms with Gasteiger partial charge < -0.3 is 9.47 Å². The van der Waals surface area contributed by atoms with Gasteiger partial charge in [-0.15, -0.1) is 12.6 Å². The molecule has 0 saturated heterocycles. The lowest BCUT2D eigenvalue weighted by Crippen LogP contribution is -2.43. The van der Waals surface area contributed by atoms with Gasteiger partial charge in [0, 0.05) is 16.2 Å². The van der Waals surface area contributed by atoms with Crippen LogP contribution in [0.15, 0.2) is 9.81 Å².